The molecule has 1 rings (SSSR count). The second-order valence-electron chi connectivity index (χ2n) is 3.49. The molecular weight excluding hydrogens is 247 g/mol. The number of pyridine rings is 1. The molecule has 0 aliphatic carbocycles. The molecule has 88 valence electrons. The van der Waals surface area contributed by atoms with E-state index in [1.807, 2.05) is 6.92 Å². The highest BCUT2D eigenvalue weighted by Crippen LogP contribution is 2.22. The fourth-order valence-electron chi connectivity index (χ4n) is 1.26. The minimum Gasteiger partial charge on any atom is -0.323 e. The molecule has 5 heteroatoms. The lowest BCUT2D eigenvalue weighted by Gasteiger charge is -2.08. The van der Waals surface area contributed by atoms with Gasteiger partial charge in [-0.25, -0.2) is 4.98 Å². The minimum absolute atomic E-state index is 0.0527. The monoisotopic (exact) mass is 260 g/mol. The van der Waals surface area contributed by atoms with Gasteiger partial charge in [0.1, 0.15) is 0 Å². The van der Waals surface area contributed by atoms with Crippen molar-refractivity contribution < 1.29 is 4.79 Å². The second-order valence-corrected chi connectivity index (χ2v) is 4.22. The topological polar surface area (TPSA) is 42.0 Å². The Morgan fingerprint density at radius 1 is 1.50 bits per heavy atom. The molecule has 0 bridgehead atoms. The third-order valence-electron chi connectivity index (χ3n) is 2.16. The molecular formula is C11H14Cl2N2O. The van der Waals surface area contributed by atoms with Crippen LogP contribution >= 0.6 is 23.2 Å². The van der Waals surface area contributed by atoms with Gasteiger partial charge in [0.25, 0.3) is 0 Å². The fourth-order valence-corrected chi connectivity index (χ4v) is 1.70. The first-order valence-electron chi connectivity index (χ1n) is 5.12. The molecule has 1 aromatic heterocycles. The van der Waals surface area contributed by atoms with Crippen molar-refractivity contribution >= 4 is 34.8 Å². The van der Waals surface area contributed by atoms with Gasteiger partial charge in [0.2, 0.25) is 5.91 Å². The van der Waals surface area contributed by atoms with Crippen LogP contribution in [-0.2, 0) is 4.79 Å². The van der Waals surface area contributed by atoms with E-state index in [-0.39, 0.29) is 5.91 Å². The van der Waals surface area contributed by atoms with Crippen LogP contribution in [0.15, 0.2) is 12.3 Å². The smallest absolute Gasteiger partial charge is 0.224 e. The van der Waals surface area contributed by atoms with Crippen molar-refractivity contribution in [3.63, 3.8) is 0 Å². The molecule has 1 heterocycles. The van der Waals surface area contributed by atoms with Gasteiger partial charge in [0, 0.05) is 18.5 Å². The number of anilines is 1. The first-order valence-corrected chi connectivity index (χ1v) is 6.03. The number of hydrogen-bond acceptors (Lipinski definition) is 2. The molecule has 0 aliphatic rings. The van der Waals surface area contributed by atoms with Crippen molar-refractivity contribution in [3.8, 4) is 0 Å². The summed E-state index contributed by atoms with van der Waals surface area (Å²) < 4.78 is 0. The van der Waals surface area contributed by atoms with Crippen molar-refractivity contribution in [3.05, 3.63) is 23.0 Å². The third-order valence-corrected chi connectivity index (χ3v) is 2.72. The fraction of sp³-hybridized carbons (Fsp3) is 0.455. The average Bonchev–Trinajstić information content (AvgIpc) is 2.24. The molecule has 1 amide bonds. The predicted octanol–water partition coefficient (Wildman–Crippen LogP) is 3.39. The minimum atomic E-state index is -0.0527. The molecule has 0 aromatic carbocycles. The van der Waals surface area contributed by atoms with E-state index in [0.29, 0.717) is 23.1 Å². The summed E-state index contributed by atoms with van der Waals surface area (Å²) in [6, 6.07) is 1.81. The molecule has 0 aliphatic heterocycles. The van der Waals surface area contributed by atoms with Gasteiger partial charge in [0.05, 0.1) is 5.69 Å². The van der Waals surface area contributed by atoms with Gasteiger partial charge in [-0.3, -0.25) is 4.79 Å². The zero-order chi connectivity index (χ0) is 12.0. The SMILES string of the molecule is Cc1ccnc(Cl)c1NC(=O)CCCCCl. The van der Waals surface area contributed by atoms with E-state index in [1.54, 1.807) is 12.3 Å². The first kappa shape index (κ1) is 13.3. The number of aryl methyl sites for hydroxylation is 1. The highest BCUT2D eigenvalue weighted by atomic mass is 35.5. The molecule has 0 atom stereocenters. The van der Waals surface area contributed by atoms with Crippen LogP contribution < -0.4 is 5.32 Å². The molecule has 0 spiro atoms. The van der Waals surface area contributed by atoms with E-state index in [9.17, 15) is 4.79 Å². The van der Waals surface area contributed by atoms with E-state index in [4.69, 9.17) is 23.2 Å². The van der Waals surface area contributed by atoms with E-state index < -0.39 is 0 Å². The van der Waals surface area contributed by atoms with Crippen molar-refractivity contribution in [1.82, 2.24) is 4.98 Å². The molecule has 1 aromatic rings. The molecule has 0 radical (unpaired) electrons. The number of nitrogens with zero attached hydrogens (tertiary/aromatic N) is 1. The molecule has 3 nitrogen and oxygen atoms in total. The summed E-state index contributed by atoms with van der Waals surface area (Å²) in [6.07, 6.45) is 3.69. The zero-order valence-corrected chi connectivity index (χ0v) is 10.6. The summed E-state index contributed by atoms with van der Waals surface area (Å²) in [5.74, 6) is 0.531. The first-order chi connectivity index (χ1) is 7.65. The van der Waals surface area contributed by atoms with Gasteiger partial charge >= 0.3 is 0 Å². The number of amides is 1. The van der Waals surface area contributed by atoms with Gasteiger partial charge in [-0.15, -0.1) is 11.6 Å². The number of rotatable bonds is 5. The van der Waals surface area contributed by atoms with Gasteiger partial charge in [-0.1, -0.05) is 11.6 Å². The van der Waals surface area contributed by atoms with Gasteiger partial charge in [0.15, 0.2) is 5.15 Å². The van der Waals surface area contributed by atoms with Gasteiger partial charge in [-0.2, -0.15) is 0 Å². The zero-order valence-electron chi connectivity index (χ0n) is 9.09. The quantitative estimate of drug-likeness (QED) is 0.501. The van der Waals surface area contributed by atoms with E-state index in [2.05, 4.69) is 10.3 Å². The molecule has 0 fully saturated rings. The van der Waals surface area contributed by atoms with Crippen molar-refractivity contribution in [1.29, 1.82) is 0 Å². The Morgan fingerprint density at radius 2 is 2.25 bits per heavy atom. The van der Waals surface area contributed by atoms with Gasteiger partial charge < -0.3 is 5.32 Å². The Labute approximate surface area is 105 Å². The summed E-state index contributed by atoms with van der Waals surface area (Å²) in [5, 5.41) is 3.09. The van der Waals surface area contributed by atoms with Gasteiger partial charge in [-0.05, 0) is 31.4 Å². The van der Waals surface area contributed by atoms with Crippen molar-refractivity contribution in [2.24, 2.45) is 0 Å². The molecule has 0 saturated carbocycles. The van der Waals surface area contributed by atoms with E-state index in [1.165, 1.54) is 0 Å². The summed E-state index contributed by atoms with van der Waals surface area (Å²) in [5.41, 5.74) is 1.51. The maximum Gasteiger partial charge on any atom is 0.224 e. The number of hydrogen-bond donors (Lipinski definition) is 1. The lowest BCUT2D eigenvalue weighted by atomic mass is 10.2. The van der Waals surface area contributed by atoms with Crippen molar-refractivity contribution in [2.75, 3.05) is 11.2 Å². The van der Waals surface area contributed by atoms with Crippen LogP contribution in [0.5, 0.6) is 0 Å². The third kappa shape index (κ3) is 3.99. The van der Waals surface area contributed by atoms with Crippen LogP contribution in [0.4, 0.5) is 5.69 Å². The van der Waals surface area contributed by atoms with Crippen LogP contribution in [0.3, 0.4) is 0 Å². The normalized spacial score (nSPS) is 10.2. The molecule has 16 heavy (non-hydrogen) atoms. The predicted molar refractivity (Wildman–Crippen MR) is 67.2 cm³/mol. The number of aromatic nitrogens is 1. The number of unbranched alkanes of at least 4 members (excludes halogenated alkanes) is 1. The lowest BCUT2D eigenvalue weighted by Crippen LogP contribution is -2.12. The summed E-state index contributed by atoms with van der Waals surface area (Å²) in [6.45, 7) is 1.88. The number of nitrogens with one attached hydrogen (secondary N) is 1. The average molecular weight is 261 g/mol. The van der Waals surface area contributed by atoms with Crippen LogP contribution in [-0.4, -0.2) is 16.8 Å². The number of halogens is 2. The van der Waals surface area contributed by atoms with Crippen LogP contribution in [0.1, 0.15) is 24.8 Å². The van der Waals surface area contributed by atoms with Crippen LogP contribution in [0.2, 0.25) is 5.15 Å². The second kappa shape index (κ2) is 6.71. The Bertz CT molecular complexity index is 349. The highest BCUT2D eigenvalue weighted by molar-refractivity contribution is 6.32. The molecule has 0 saturated heterocycles. The number of carbonyl (C=O) groups excluding carboxylic acids is 1. The molecule has 0 unspecified atom stereocenters. The lowest BCUT2D eigenvalue weighted by molar-refractivity contribution is -0.116. The largest absolute Gasteiger partial charge is 0.323 e. The standard InChI is InChI=1S/C11H14Cl2N2O/c1-8-5-7-14-11(13)10(8)15-9(16)4-2-3-6-12/h5,7H,2-4,6H2,1H3,(H,15,16). The summed E-state index contributed by atoms with van der Waals surface area (Å²) in [4.78, 5) is 15.5. The summed E-state index contributed by atoms with van der Waals surface area (Å²) >= 11 is 11.4. The number of alkyl halides is 1. The Kier molecular flexibility index (Phi) is 5.56. The van der Waals surface area contributed by atoms with Crippen LogP contribution in [0, 0.1) is 6.92 Å². The van der Waals surface area contributed by atoms with E-state index >= 15 is 0 Å². The molecule has 1 N–H and O–H groups in total. The highest BCUT2D eigenvalue weighted by Gasteiger charge is 2.08. The maximum atomic E-state index is 11.6. The maximum absolute atomic E-state index is 11.6. The van der Waals surface area contributed by atoms with Crippen LogP contribution in [0.25, 0.3) is 0 Å². The van der Waals surface area contributed by atoms with E-state index in [0.717, 1.165) is 18.4 Å². The Hall–Kier alpha value is -0.800. The van der Waals surface area contributed by atoms with Crippen molar-refractivity contribution in [2.45, 2.75) is 26.2 Å². The summed E-state index contributed by atoms with van der Waals surface area (Å²) in [7, 11) is 0. The Balaban J connectivity index is 2.56. The number of carbonyl (C=O) groups is 1. The Morgan fingerprint density at radius 3 is 2.88 bits per heavy atom.